The first kappa shape index (κ1) is 14.4. The highest BCUT2D eigenvalue weighted by Gasteiger charge is 2.04. The summed E-state index contributed by atoms with van der Waals surface area (Å²) in [5.74, 6) is -0.496. The molecular formula is C14H13FN2O2S. The van der Waals surface area contributed by atoms with Crippen LogP contribution in [0.25, 0.3) is 0 Å². The molecule has 0 radical (unpaired) electrons. The Balaban J connectivity index is 2.09. The fourth-order valence-electron chi connectivity index (χ4n) is 1.61. The standard InChI is InChI=1S/C14H13FN2O2S/c15-13-5-1-11(2-6-13)9-17-14-7-3-12(4-8-14)10-20(16,18)19/h1-9H,10H2,(H2,16,18,19). The van der Waals surface area contributed by atoms with E-state index in [9.17, 15) is 12.8 Å². The average Bonchev–Trinajstić information content (AvgIpc) is 2.38. The summed E-state index contributed by atoms with van der Waals surface area (Å²) < 4.78 is 34.6. The number of nitrogens with zero attached hydrogens (tertiary/aromatic N) is 1. The van der Waals surface area contributed by atoms with Crippen LogP contribution in [0.1, 0.15) is 11.1 Å². The molecule has 2 N–H and O–H groups in total. The molecule has 0 aliphatic rings. The first-order valence-corrected chi connectivity index (χ1v) is 7.53. The second-order valence-corrected chi connectivity index (χ2v) is 5.90. The van der Waals surface area contributed by atoms with E-state index in [4.69, 9.17) is 5.14 Å². The number of halogens is 1. The maximum atomic E-state index is 12.7. The van der Waals surface area contributed by atoms with Crippen LogP contribution in [-0.4, -0.2) is 14.6 Å². The SMILES string of the molecule is NS(=O)(=O)Cc1ccc(N=Cc2ccc(F)cc2)cc1. The number of rotatable bonds is 4. The van der Waals surface area contributed by atoms with Gasteiger partial charge in [-0.15, -0.1) is 0 Å². The third-order valence-corrected chi connectivity index (χ3v) is 3.27. The molecule has 0 saturated heterocycles. The van der Waals surface area contributed by atoms with Gasteiger partial charge < -0.3 is 0 Å². The van der Waals surface area contributed by atoms with Gasteiger partial charge >= 0.3 is 0 Å². The van der Waals surface area contributed by atoms with Crippen LogP contribution in [0.2, 0.25) is 0 Å². The summed E-state index contributed by atoms with van der Waals surface area (Å²) in [7, 11) is -3.52. The van der Waals surface area contributed by atoms with Crippen LogP contribution in [0.4, 0.5) is 10.1 Å². The predicted octanol–water partition coefficient (Wildman–Crippen LogP) is 2.36. The Bertz CT molecular complexity index is 708. The van der Waals surface area contributed by atoms with Gasteiger partial charge in [0.2, 0.25) is 10.0 Å². The maximum Gasteiger partial charge on any atom is 0.213 e. The third-order valence-electron chi connectivity index (χ3n) is 2.54. The Morgan fingerprint density at radius 3 is 2.20 bits per heavy atom. The lowest BCUT2D eigenvalue weighted by molar-refractivity contribution is 0.597. The van der Waals surface area contributed by atoms with Gasteiger partial charge in [-0.05, 0) is 35.4 Å². The Labute approximate surface area is 116 Å². The van der Waals surface area contributed by atoms with Crippen LogP contribution in [-0.2, 0) is 15.8 Å². The normalized spacial score (nSPS) is 11.9. The zero-order chi connectivity index (χ0) is 14.6. The Kier molecular flexibility index (Phi) is 4.26. The molecule has 2 aromatic carbocycles. The average molecular weight is 292 g/mol. The first-order valence-electron chi connectivity index (χ1n) is 5.81. The molecule has 0 aliphatic carbocycles. The Morgan fingerprint density at radius 2 is 1.65 bits per heavy atom. The van der Waals surface area contributed by atoms with Gasteiger partial charge in [-0.25, -0.2) is 17.9 Å². The lowest BCUT2D eigenvalue weighted by Crippen LogP contribution is -2.14. The van der Waals surface area contributed by atoms with Gasteiger partial charge in [0.15, 0.2) is 0 Å². The van der Waals surface area contributed by atoms with Crippen molar-refractivity contribution in [1.29, 1.82) is 0 Å². The highest BCUT2D eigenvalue weighted by Crippen LogP contribution is 2.14. The van der Waals surface area contributed by atoms with Crippen LogP contribution < -0.4 is 5.14 Å². The molecule has 0 unspecified atom stereocenters. The van der Waals surface area contributed by atoms with E-state index < -0.39 is 10.0 Å². The maximum absolute atomic E-state index is 12.7. The largest absolute Gasteiger partial charge is 0.256 e. The quantitative estimate of drug-likeness (QED) is 0.879. The molecular weight excluding hydrogens is 279 g/mol. The molecule has 4 nitrogen and oxygen atoms in total. The minimum atomic E-state index is -3.52. The molecule has 6 heteroatoms. The van der Waals surface area contributed by atoms with Gasteiger partial charge in [-0.1, -0.05) is 24.3 Å². The number of benzene rings is 2. The van der Waals surface area contributed by atoms with Crippen molar-refractivity contribution in [2.45, 2.75) is 5.75 Å². The lowest BCUT2D eigenvalue weighted by Gasteiger charge is -2.00. The van der Waals surface area contributed by atoms with Crippen LogP contribution in [0.15, 0.2) is 53.5 Å². The van der Waals surface area contributed by atoms with Gasteiger partial charge in [0.25, 0.3) is 0 Å². The van der Waals surface area contributed by atoms with E-state index >= 15 is 0 Å². The molecule has 0 aliphatic heterocycles. The van der Waals surface area contributed by atoms with Crippen molar-refractivity contribution in [2.75, 3.05) is 0 Å². The number of hydrogen-bond donors (Lipinski definition) is 1. The molecule has 0 fully saturated rings. The van der Waals surface area contributed by atoms with E-state index in [0.717, 1.165) is 5.56 Å². The van der Waals surface area contributed by atoms with Crippen molar-refractivity contribution in [1.82, 2.24) is 0 Å². The summed E-state index contributed by atoms with van der Waals surface area (Å²) in [6, 6.07) is 12.7. The van der Waals surface area contributed by atoms with E-state index in [-0.39, 0.29) is 11.6 Å². The molecule has 0 aromatic heterocycles. The van der Waals surface area contributed by atoms with Crippen molar-refractivity contribution < 1.29 is 12.8 Å². The molecule has 0 atom stereocenters. The summed E-state index contributed by atoms with van der Waals surface area (Å²) >= 11 is 0. The van der Waals surface area contributed by atoms with E-state index in [2.05, 4.69) is 4.99 Å². The van der Waals surface area contributed by atoms with Crippen molar-refractivity contribution in [3.8, 4) is 0 Å². The van der Waals surface area contributed by atoms with Gasteiger partial charge in [-0.3, -0.25) is 4.99 Å². The second kappa shape index (κ2) is 5.94. The van der Waals surface area contributed by atoms with Crippen molar-refractivity contribution in [3.05, 3.63) is 65.5 Å². The topological polar surface area (TPSA) is 72.5 Å². The van der Waals surface area contributed by atoms with Gasteiger partial charge in [-0.2, -0.15) is 0 Å². The van der Waals surface area contributed by atoms with E-state index in [1.54, 1.807) is 42.6 Å². The number of primary sulfonamides is 1. The van der Waals surface area contributed by atoms with Crippen molar-refractivity contribution in [3.63, 3.8) is 0 Å². The summed E-state index contributed by atoms with van der Waals surface area (Å²) in [4.78, 5) is 4.22. The molecule has 0 bridgehead atoms. The molecule has 0 amide bonds. The summed E-state index contributed by atoms with van der Waals surface area (Å²) in [6.45, 7) is 0. The van der Waals surface area contributed by atoms with E-state index in [0.29, 0.717) is 11.3 Å². The second-order valence-electron chi connectivity index (χ2n) is 4.28. The smallest absolute Gasteiger partial charge is 0.213 e. The fourth-order valence-corrected chi connectivity index (χ4v) is 2.27. The highest BCUT2D eigenvalue weighted by atomic mass is 32.2. The lowest BCUT2D eigenvalue weighted by atomic mass is 10.2. The van der Waals surface area contributed by atoms with Gasteiger partial charge in [0.1, 0.15) is 5.82 Å². The molecule has 0 heterocycles. The monoisotopic (exact) mass is 292 g/mol. The van der Waals surface area contributed by atoms with Gasteiger partial charge in [0.05, 0.1) is 11.4 Å². The summed E-state index contributed by atoms with van der Waals surface area (Å²) in [6.07, 6.45) is 1.61. The minimum Gasteiger partial charge on any atom is -0.256 e. The summed E-state index contributed by atoms with van der Waals surface area (Å²) in [5, 5.41) is 4.96. The molecule has 0 saturated carbocycles. The Morgan fingerprint density at radius 1 is 1.05 bits per heavy atom. The Hall–Kier alpha value is -2.05. The highest BCUT2D eigenvalue weighted by molar-refractivity contribution is 7.88. The van der Waals surface area contributed by atoms with Crippen molar-refractivity contribution >= 4 is 21.9 Å². The molecule has 2 rings (SSSR count). The zero-order valence-electron chi connectivity index (χ0n) is 10.5. The molecule has 20 heavy (non-hydrogen) atoms. The van der Waals surface area contributed by atoms with E-state index in [1.807, 2.05) is 0 Å². The molecule has 2 aromatic rings. The number of hydrogen-bond acceptors (Lipinski definition) is 3. The first-order chi connectivity index (χ1) is 9.42. The van der Waals surface area contributed by atoms with E-state index in [1.165, 1.54) is 12.1 Å². The third kappa shape index (κ3) is 4.56. The fraction of sp³-hybridized carbons (Fsp3) is 0.0714. The van der Waals surface area contributed by atoms with Crippen LogP contribution in [0.3, 0.4) is 0 Å². The number of sulfonamides is 1. The van der Waals surface area contributed by atoms with Crippen LogP contribution >= 0.6 is 0 Å². The number of aliphatic imine (C=N–C) groups is 1. The zero-order valence-corrected chi connectivity index (χ0v) is 11.3. The van der Waals surface area contributed by atoms with Crippen molar-refractivity contribution in [2.24, 2.45) is 10.1 Å². The van der Waals surface area contributed by atoms with Gasteiger partial charge in [0, 0.05) is 6.21 Å². The summed E-state index contributed by atoms with van der Waals surface area (Å²) in [5.41, 5.74) is 2.06. The number of nitrogens with two attached hydrogens (primary N) is 1. The van der Waals surface area contributed by atoms with Crippen LogP contribution in [0.5, 0.6) is 0 Å². The molecule has 104 valence electrons. The molecule has 0 spiro atoms. The minimum absolute atomic E-state index is 0.199. The predicted molar refractivity (Wildman–Crippen MR) is 76.9 cm³/mol. The van der Waals surface area contributed by atoms with Crippen LogP contribution in [0, 0.1) is 5.82 Å².